The standard InChI is InChI=1S/C26H42N4O2/c1-23(2)13-19(14-24(3,4)29-23)27-21(31)17-10-9-11-18(12-17)22(32)28-20-15-25(5,6)30-26(7,8)16-20/h9-12,19-20,29-30H,13-16H2,1-8H3,(H,27,31)(H,28,32)/p+1. The molecule has 32 heavy (non-hydrogen) atoms. The van der Waals surface area contributed by atoms with Crippen molar-refractivity contribution in [3.8, 4) is 0 Å². The van der Waals surface area contributed by atoms with Crippen LogP contribution in [0, 0.1) is 0 Å². The van der Waals surface area contributed by atoms with Crippen LogP contribution in [0.3, 0.4) is 0 Å². The Labute approximate surface area is 193 Å². The molecule has 0 spiro atoms. The number of nitrogens with one attached hydrogen (secondary N) is 3. The fraction of sp³-hybridized carbons (Fsp3) is 0.692. The Bertz CT molecular complexity index is 773. The number of quaternary nitrogens is 1. The Hall–Kier alpha value is -1.76. The van der Waals surface area contributed by atoms with Gasteiger partial charge in [-0.3, -0.25) is 10.1 Å². The van der Waals surface area contributed by atoms with Crippen molar-refractivity contribution in [3.05, 3.63) is 35.4 Å². The van der Waals surface area contributed by atoms with Gasteiger partial charge < -0.3 is 16.0 Å². The summed E-state index contributed by atoms with van der Waals surface area (Å²) in [5.41, 5.74) is 1.02. The minimum absolute atomic E-state index is 0.00211. The van der Waals surface area contributed by atoms with Crippen LogP contribution in [0.1, 0.15) is 102 Å². The lowest BCUT2D eigenvalue weighted by Gasteiger charge is -2.46. The van der Waals surface area contributed by atoms with E-state index in [1.54, 1.807) is 12.1 Å². The molecule has 0 unspecified atom stereocenters. The number of rotatable bonds is 4. The van der Waals surface area contributed by atoms with Gasteiger partial charge in [0.15, 0.2) is 0 Å². The van der Waals surface area contributed by atoms with Crippen LogP contribution in [0.2, 0.25) is 0 Å². The van der Waals surface area contributed by atoms with Crippen molar-refractivity contribution in [2.75, 3.05) is 0 Å². The Balaban J connectivity index is 1.67. The Morgan fingerprint density at radius 1 is 0.812 bits per heavy atom. The number of benzene rings is 1. The average molecular weight is 444 g/mol. The summed E-state index contributed by atoms with van der Waals surface area (Å²) >= 11 is 0. The van der Waals surface area contributed by atoms with Crippen molar-refractivity contribution < 1.29 is 14.9 Å². The zero-order valence-electron chi connectivity index (χ0n) is 21.2. The van der Waals surface area contributed by atoms with Gasteiger partial charge in [-0.1, -0.05) is 6.07 Å². The first-order valence-electron chi connectivity index (χ1n) is 11.9. The third kappa shape index (κ3) is 6.63. The van der Waals surface area contributed by atoms with Crippen LogP contribution < -0.4 is 21.3 Å². The van der Waals surface area contributed by atoms with Crippen molar-refractivity contribution in [1.82, 2.24) is 16.0 Å². The number of nitrogens with two attached hydrogens (primary N) is 1. The van der Waals surface area contributed by atoms with Crippen molar-refractivity contribution in [2.24, 2.45) is 0 Å². The second-order valence-corrected chi connectivity index (χ2v) is 12.6. The minimum atomic E-state index is -0.109. The molecule has 0 aliphatic carbocycles. The third-order valence-corrected chi connectivity index (χ3v) is 6.54. The summed E-state index contributed by atoms with van der Waals surface area (Å²) in [4.78, 5) is 26.1. The summed E-state index contributed by atoms with van der Waals surface area (Å²) in [7, 11) is 0. The smallest absolute Gasteiger partial charge is 0.342 e. The molecule has 0 radical (unpaired) electrons. The van der Waals surface area contributed by atoms with Gasteiger partial charge in [-0.05, 0) is 86.4 Å². The summed E-state index contributed by atoms with van der Waals surface area (Å²) in [6, 6.07) is 7.46. The maximum Gasteiger partial charge on any atom is 0.342 e. The lowest BCUT2D eigenvalue weighted by Crippen LogP contribution is -2.95. The second kappa shape index (κ2) is 8.54. The molecule has 0 atom stereocenters. The maximum absolute atomic E-state index is 13.1. The Morgan fingerprint density at radius 2 is 1.28 bits per heavy atom. The molecule has 178 valence electrons. The average Bonchev–Trinajstić information content (AvgIpc) is 2.56. The molecular formula is C26H43N4O2+. The first-order chi connectivity index (χ1) is 14.5. The van der Waals surface area contributed by atoms with E-state index in [0.717, 1.165) is 25.7 Å². The third-order valence-electron chi connectivity index (χ3n) is 6.54. The van der Waals surface area contributed by atoms with Gasteiger partial charge in [0.2, 0.25) is 0 Å². The largest absolute Gasteiger partial charge is 0.349 e. The SMILES string of the molecule is CC1(C)CC(NC(=O)c2cccc(C(=O)[NH2+]C3CC(C)(C)NC(C)(C)C3)c2)CC(C)(C)N1. The van der Waals surface area contributed by atoms with Crippen molar-refractivity contribution >= 4 is 11.8 Å². The fourth-order valence-electron chi connectivity index (χ4n) is 6.34. The quantitative estimate of drug-likeness (QED) is 0.576. The molecule has 2 amide bonds. The molecule has 2 aliphatic rings. The number of carbonyl (C=O) groups excluding carboxylic acids is 2. The highest BCUT2D eigenvalue weighted by atomic mass is 16.2. The fourth-order valence-corrected chi connectivity index (χ4v) is 6.34. The predicted molar refractivity (Wildman–Crippen MR) is 129 cm³/mol. The number of hydrogen-bond acceptors (Lipinski definition) is 4. The van der Waals surface area contributed by atoms with Gasteiger partial charge in [0.05, 0.1) is 11.6 Å². The number of carbonyl (C=O) groups is 2. The van der Waals surface area contributed by atoms with Crippen LogP contribution in [-0.2, 0) is 0 Å². The van der Waals surface area contributed by atoms with Gasteiger partial charge in [0.1, 0.15) is 0 Å². The van der Waals surface area contributed by atoms with Gasteiger partial charge in [0.25, 0.3) is 5.91 Å². The molecule has 3 rings (SSSR count). The molecule has 0 aromatic heterocycles. The molecule has 6 nitrogen and oxygen atoms in total. The summed E-state index contributed by atoms with van der Waals surface area (Å²) < 4.78 is 0. The lowest BCUT2D eigenvalue weighted by molar-refractivity contribution is -0.601. The van der Waals surface area contributed by atoms with Gasteiger partial charge in [-0.2, -0.15) is 0 Å². The zero-order valence-corrected chi connectivity index (χ0v) is 21.2. The normalized spacial score (nSPS) is 24.6. The van der Waals surface area contributed by atoms with Gasteiger partial charge in [-0.25, -0.2) is 4.79 Å². The Morgan fingerprint density at radius 3 is 1.81 bits per heavy atom. The summed E-state index contributed by atoms with van der Waals surface area (Å²) in [5.74, 6) is -0.107. The van der Waals surface area contributed by atoms with Crippen LogP contribution in [0.4, 0.5) is 0 Å². The zero-order chi connectivity index (χ0) is 23.9. The van der Waals surface area contributed by atoms with E-state index in [-0.39, 0.29) is 46.1 Å². The molecule has 0 saturated carbocycles. The van der Waals surface area contributed by atoms with Crippen molar-refractivity contribution in [1.29, 1.82) is 0 Å². The minimum Gasteiger partial charge on any atom is -0.349 e. The van der Waals surface area contributed by atoms with Gasteiger partial charge in [0, 0.05) is 46.6 Å². The lowest BCUT2D eigenvalue weighted by atomic mass is 9.79. The maximum atomic E-state index is 13.1. The molecule has 0 bridgehead atoms. The predicted octanol–water partition coefficient (Wildman–Crippen LogP) is 2.74. The van der Waals surface area contributed by atoms with Crippen LogP contribution >= 0.6 is 0 Å². The van der Waals surface area contributed by atoms with Crippen molar-refractivity contribution in [2.45, 2.75) is 115 Å². The topological polar surface area (TPSA) is 86.8 Å². The highest BCUT2D eigenvalue weighted by Crippen LogP contribution is 2.29. The number of primary amides is 1. The van der Waals surface area contributed by atoms with Gasteiger partial charge in [-0.15, -0.1) is 0 Å². The second-order valence-electron chi connectivity index (χ2n) is 12.6. The van der Waals surface area contributed by atoms with E-state index in [0.29, 0.717) is 11.1 Å². The van der Waals surface area contributed by atoms with E-state index < -0.39 is 0 Å². The van der Waals surface area contributed by atoms with E-state index in [1.807, 2.05) is 17.4 Å². The molecule has 5 N–H and O–H groups in total. The molecule has 2 aliphatic heterocycles. The first kappa shape index (κ1) is 24.9. The molecule has 2 heterocycles. The highest BCUT2D eigenvalue weighted by Gasteiger charge is 2.41. The first-order valence-corrected chi connectivity index (χ1v) is 11.9. The summed E-state index contributed by atoms with van der Waals surface area (Å²) in [6.45, 7) is 17.4. The summed E-state index contributed by atoms with van der Waals surface area (Å²) in [6.07, 6.45) is 3.58. The van der Waals surface area contributed by atoms with Crippen molar-refractivity contribution in [3.63, 3.8) is 0 Å². The van der Waals surface area contributed by atoms with E-state index >= 15 is 0 Å². The van der Waals surface area contributed by atoms with E-state index in [1.165, 1.54) is 0 Å². The van der Waals surface area contributed by atoms with Crippen LogP contribution in [0.25, 0.3) is 0 Å². The van der Waals surface area contributed by atoms with E-state index in [9.17, 15) is 9.59 Å². The monoisotopic (exact) mass is 443 g/mol. The molecule has 2 saturated heterocycles. The van der Waals surface area contributed by atoms with E-state index in [4.69, 9.17) is 0 Å². The molecule has 6 heteroatoms. The van der Waals surface area contributed by atoms with Crippen LogP contribution in [0.5, 0.6) is 0 Å². The molecule has 1 aromatic carbocycles. The number of hydrogen-bond donors (Lipinski definition) is 4. The number of amides is 2. The van der Waals surface area contributed by atoms with Gasteiger partial charge >= 0.3 is 5.91 Å². The number of piperidine rings is 2. The highest BCUT2D eigenvalue weighted by molar-refractivity contribution is 5.97. The van der Waals surface area contributed by atoms with E-state index in [2.05, 4.69) is 71.3 Å². The molecule has 1 aromatic rings. The molecule has 2 fully saturated rings. The Kier molecular flexibility index (Phi) is 6.64. The van der Waals surface area contributed by atoms with Crippen LogP contribution in [0.15, 0.2) is 24.3 Å². The summed E-state index contributed by atoms with van der Waals surface area (Å²) in [5, 5.41) is 12.4. The molecular weight excluding hydrogens is 400 g/mol. The van der Waals surface area contributed by atoms with Crippen LogP contribution in [-0.4, -0.2) is 46.1 Å².